The highest BCUT2D eigenvalue weighted by Gasteiger charge is 2.37. The van der Waals surface area contributed by atoms with Crippen molar-refractivity contribution < 1.29 is 48.6 Å². The zero-order chi connectivity index (χ0) is 28.0. The third-order valence-corrected chi connectivity index (χ3v) is 5.35. The fourth-order valence-electron chi connectivity index (χ4n) is 3.72. The lowest BCUT2D eigenvalue weighted by Crippen LogP contribution is -2.54. The number of urea groups is 1. The maximum absolute atomic E-state index is 13.5. The summed E-state index contributed by atoms with van der Waals surface area (Å²) < 4.78 is 0. The summed E-state index contributed by atoms with van der Waals surface area (Å²) in [7, 11) is 0. The number of carbonyl (C=O) groups is 8. The smallest absolute Gasteiger partial charge is 0.326 e. The molecule has 1 unspecified atom stereocenters. The second-order valence-corrected chi connectivity index (χ2v) is 8.01. The van der Waals surface area contributed by atoms with Gasteiger partial charge in [-0.05, 0) is 12.1 Å². The Labute approximate surface area is 213 Å². The van der Waals surface area contributed by atoms with Crippen molar-refractivity contribution in [1.82, 2.24) is 21.3 Å². The highest BCUT2D eigenvalue weighted by molar-refractivity contribution is 6.15. The number of rotatable bonds is 9. The molecule has 0 bridgehead atoms. The van der Waals surface area contributed by atoms with Crippen LogP contribution in [-0.2, 0) is 33.6 Å². The Bertz CT molecular complexity index is 1240. The van der Waals surface area contributed by atoms with E-state index in [1.165, 1.54) is 24.3 Å². The van der Waals surface area contributed by atoms with Crippen LogP contribution < -0.4 is 31.1 Å². The molecule has 1 saturated heterocycles. The van der Waals surface area contributed by atoms with Crippen LogP contribution in [0, 0.1) is 0 Å². The molecule has 0 spiro atoms. The van der Waals surface area contributed by atoms with Gasteiger partial charge in [0.15, 0.2) is 0 Å². The predicted octanol–water partition coefficient (Wildman–Crippen LogP) is -3.27. The Kier molecular flexibility index (Phi) is 8.49. The number of hydrogen-bond donors (Lipinski definition) is 6. The summed E-state index contributed by atoms with van der Waals surface area (Å²) in [6.45, 7) is -2.15. The SMILES string of the molecule is O=C[C@H](CC(=O)O)NC(=O)CN1C(=O)C(NC(=O)/C=C2/NC(=O)NC2=O)CN(C(=O)CO)c2ccccc21. The van der Waals surface area contributed by atoms with Crippen LogP contribution in [0.15, 0.2) is 36.0 Å². The highest BCUT2D eigenvalue weighted by atomic mass is 16.4. The summed E-state index contributed by atoms with van der Waals surface area (Å²) in [6, 6.07) is 2.13. The molecular weight excluding hydrogens is 508 g/mol. The van der Waals surface area contributed by atoms with Gasteiger partial charge >= 0.3 is 12.0 Å². The van der Waals surface area contributed by atoms with Gasteiger partial charge in [-0.1, -0.05) is 12.1 Å². The number of imide groups is 1. The second-order valence-electron chi connectivity index (χ2n) is 8.01. The quantitative estimate of drug-likeness (QED) is 0.106. The van der Waals surface area contributed by atoms with E-state index < -0.39 is 85.4 Å². The average Bonchev–Trinajstić information content (AvgIpc) is 3.13. The fourth-order valence-corrected chi connectivity index (χ4v) is 3.72. The van der Waals surface area contributed by atoms with Crippen molar-refractivity contribution in [3.63, 3.8) is 0 Å². The van der Waals surface area contributed by atoms with Crippen molar-refractivity contribution in [2.24, 2.45) is 0 Å². The molecule has 2 aliphatic rings. The molecule has 16 heteroatoms. The molecule has 3 rings (SSSR count). The first-order valence-electron chi connectivity index (χ1n) is 11.0. The van der Waals surface area contributed by atoms with Crippen LogP contribution in [0.3, 0.4) is 0 Å². The first kappa shape index (κ1) is 27.5. The van der Waals surface area contributed by atoms with Gasteiger partial charge in [-0.25, -0.2) is 4.79 Å². The molecule has 2 aliphatic heterocycles. The molecule has 1 aromatic rings. The molecule has 0 aromatic heterocycles. The van der Waals surface area contributed by atoms with Crippen molar-refractivity contribution in [3.05, 3.63) is 36.0 Å². The number of aliphatic hydroxyl groups excluding tert-OH is 1. The Balaban J connectivity index is 1.93. The van der Waals surface area contributed by atoms with Crippen LogP contribution >= 0.6 is 0 Å². The van der Waals surface area contributed by atoms with E-state index in [1.807, 2.05) is 5.32 Å². The van der Waals surface area contributed by atoms with Gasteiger partial charge < -0.3 is 35.9 Å². The van der Waals surface area contributed by atoms with Crippen molar-refractivity contribution in [2.75, 3.05) is 29.5 Å². The van der Waals surface area contributed by atoms with Crippen molar-refractivity contribution in [2.45, 2.75) is 18.5 Å². The van der Waals surface area contributed by atoms with Gasteiger partial charge in [-0.2, -0.15) is 0 Å². The average molecular weight is 530 g/mol. The zero-order valence-electron chi connectivity index (χ0n) is 19.5. The number of benzene rings is 1. The largest absolute Gasteiger partial charge is 0.481 e. The molecular formula is C22H22N6O10. The standard InChI is InChI=1S/C22H22N6O10/c29-9-11(5-19(34)35)23-17(32)8-28-15-4-2-1-3-14(15)27(18(33)10-30)7-13(21(28)37)24-16(31)6-12-20(36)26-22(38)25-12/h1-4,6,9,11,13,30H,5,7-8,10H2,(H,23,32)(H,24,31)(H,34,35)(H2,25,26,36,38)/b12-6+/t11-,13?/m0/s1. The third kappa shape index (κ3) is 6.35. The van der Waals surface area contributed by atoms with Crippen LogP contribution in [-0.4, -0.2) is 89.8 Å². The van der Waals surface area contributed by atoms with Crippen LogP contribution in [0.25, 0.3) is 0 Å². The maximum atomic E-state index is 13.5. The molecule has 2 heterocycles. The fraction of sp³-hybridized carbons (Fsp3) is 0.273. The molecule has 6 N–H and O–H groups in total. The van der Waals surface area contributed by atoms with Gasteiger partial charge in [0.05, 0.1) is 30.4 Å². The lowest BCUT2D eigenvalue weighted by molar-refractivity contribution is -0.139. The molecule has 0 saturated carbocycles. The number of fused-ring (bicyclic) bond motifs is 1. The molecule has 200 valence electrons. The van der Waals surface area contributed by atoms with E-state index in [4.69, 9.17) is 5.11 Å². The van der Waals surface area contributed by atoms with E-state index in [1.54, 1.807) is 0 Å². The molecule has 7 amide bonds. The number of anilines is 2. The van der Waals surface area contributed by atoms with Crippen molar-refractivity contribution in [1.29, 1.82) is 0 Å². The number of aliphatic carboxylic acids is 1. The molecule has 1 aromatic carbocycles. The van der Waals surface area contributed by atoms with Crippen LogP contribution in [0.4, 0.5) is 16.2 Å². The Hall–Kier alpha value is -5.12. The highest BCUT2D eigenvalue weighted by Crippen LogP contribution is 2.32. The number of para-hydroxylation sites is 2. The zero-order valence-corrected chi connectivity index (χ0v) is 19.5. The van der Waals surface area contributed by atoms with Gasteiger partial charge in [0, 0.05) is 6.08 Å². The Morgan fingerprint density at radius 3 is 2.37 bits per heavy atom. The number of aliphatic hydroxyl groups is 1. The van der Waals surface area contributed by atoms with Gasteiger partial charge in [-0.3, -0.25) is 39.0 Å². The third-order valence-electron chi connectivity index (χ3n) is 5.35. The number of carbonyl (C=O) groups excluding carboxylic acids is 7. The van der Waals surface area contributed by atoms with Crippen molar-refractivity contribution >= 4 is 59.2 Å². The number of hydrogen-bond acceptors (Lipinski definition) is 9. The van der Waals surface area contributed by atoms with E-state index in [2.05, 4.69) is 16.0 Å². The monoisotopic (exact) mass is 530 g/mol. The summed E-state index contributed by atoms with van der Waals surface area (Å²) in [5.74, 6) is -5.85. The minimum absolute atomic E-state index is 0.0490. The number of carboxylic acid groups (broad SMARTS) is 1. The summed E-state index contributed by atoms with van der Waals surface area (Å²) in [5, 5.41) is 26.9. The summed E-state index contributed by atoms with van der Waals surface area (Å²) in [5.41, 5.74) is -0.231. The lowest BCUT2D eigenvalue weighted by atomic mass is 10.2. The van der Waals surface area contributed by atoms with Crippen LogP contribution in [0.1, 0.15) is 6.42 Å². The summed E-state index contributed by atoms with van der Waals surface area (Å²) >= 11 is 0. The minimum atomic E-state index is -1.50. The van der Waals surface area contributed by atoms with Gasteiger partial charge in [0.2, 0.25) is 11.8 Å². The van der Waals surface area contributed by atoms with Crippen LogP contribution in [0.2, 0.25) is 0 Å². The molecule has 2 atom stereocenters. The van der Waals surface area contributed by atoms with Gasteiger partial charge in [-0.15, -0.1) is 0 Å². The Morgan fingerprint density at radius 2 is 1.79 bits per heavy atom. The number of aldehydes is 1. The number of amides is 7. The molecule has 1 fully saturated rings. The van der Waals surface area contributed by atoms with Crippen molar-refractivity contribution in [3.8, 4) is 0 Å². The minimum Gasteiger partial charge on any atom is -0.481 e. The number of carboxylic acids is 1. The number of nitrogens with one attached hydrogen (secondary N) is 4. The normalized spacial score (nSPS) is 18.6. The first-order valence-corrected chi connectivity index (χ1v) is 11.0. The van der Waals surface area contributed by atoms with E-state index in [0.717, 1.165) is 15.9 Å². The van der Waals surface area contributed by atoms with E-state index in [9.17, 15) is 43.5 Å². The van der Waals surface area contributed by atoms with E-state index >= 15 is 0 Å². The second kappa shape index (κ2) is 11.7. The molecule has 0 radical (unpaired) electrons. The van der Waals surface area contributed by atoms with E-state index in [0.29, 0.717) is 0 Å². The topological polar surface area (TPSA) is 232 Å². The number of nitrogens with zero attached hydrogens (tertiary/aromatic N) is 2. The van der Waals surface area contributed by atoms with E-state index in [-0.39, 0.29) is 17.7 Å². The first-order chi connectivity index (χ1) is 18.0. The molecule has 38 heavy (non-hydrogen) atoms. The lowest BCUT2D eigenvalue weighted by Gasteiger charge is -2.25. The summed E-state index contributed by atoms with van der Waals surface area (Å²) in [4.78, 5) is 98.3. The predicted molar refractivity (Wildman–Crippen MR) is 125 cm³/mol. The van der Waals surface area contributed by atoms with Gasteiger partial charge in [0.1, 0.15) is 31.2 Å². The molecule has 16 nitrogen and oxygen atoms in total. The van der Waals surface area contributed by atoms with Gasteiger partial charge in [0.25, 0.3) is 17.7 Å². The summed E-state index contributed by atoms with van der Waals surface area (Å²) in [6.07, 6.45) is 0.248. The molecule has 0 aliphatic carbocycles. The Morgan fingerprint density at radius 1 is 1.11 bits per heavy atom. The van der Waals surface area contributed by atoms with Crippen LogP contribution in [0.5, 0.6) is 0 Å². The maximum Gasteiger partial charge on any atom is 0.326 e.